The molecule has 1 aliphatic carbocycles. The van der Waals surface area contributed by atoms with E-state index in [2.05, 4.69) is 5.32 Å². The van der Waals surface area contributed by atoms with Crippen molar-refractivity contribution in [2.45, 2.75) is 64.2 Å². The first-order valence-electron chi connectivity index (χ1n) is 12.1. The van der Waals surface area contributed by atoms with E-state index in [-0.39, 0.29) is 24.4 Å². The van der Waals surface area contributed by atoms with Crippen molar-refractivity contribution in [3.8, 4) is 17.2 Å². The average molecular weight is 462 g/mol. The minimum atomic E-state index is -1.08. The van der Waals surface area contributed by atoms with Crippen LogP contribution in [0.3, 0.4) is 0 Å². The molecular weight excluding hydrogens is 430 g/mol. The van der Waals surface area contributed by atoms with Crippen molar-refractivity contribution in [1.82, 2.24) is 14.8 Å². The molecule has 0 bridgehead atoms. The van der Waals surface area contributed by atoms with E-state index in [1.54, 1.807) is 11.2 Å². The zero-order valence-corrected chi connectivity index (χ0v) is 19.8. The summed E-state index contributed by atoms with van der Waals surface area (Å²) in [6.45, 7) is 4.95. The summed E-state index contributed by atoms with van der Waals surface area (Å²) in [5, 5.41) is 3.24. The fourth-order valence-corrected chi connectivity index (χ4v) is 5.17. The van der Waals surface area contributed by atoms with Crippen LogP contribution in [0.4, 0.5) is 0 Å². The Bertz CT molecular complexity index is 1180. The third kappa shape index (κ3) is 3.89. The van der Waals surface area contributed by atoms with Crippen LogP contribution in [0.5, 0.6) is 5.75 Å². The van der Waals surface area contributed by atoms with E-state index in [0.29, 0.717) is 24.6 Å². The highest BCUT2D eigenvalue weighted by atomic mass is 16.5. The first kappa shape index (κ1) is 22.3. The molecule has 0 saturated heterocycles. The predicted octanol–water partition coefficient (Wildman–Crippen LogP) is 4.62. The topological polar surface area (TPSA) is 76.7 Å². The van der Waals surface area contributed by atoms with Gasteiger partial charge in [0.2, 0.25) is 5.91 Å². The maximum Gasteiger partial charge on any atom is 0.271 e. The SMILES string of the molecule is CCOc1ccccc1CN1C(=O)c2ccc(-c3ccco3)n2C[C@]1(C)C(=O)NC1CCCC1. The second-order valence-corrected chi connectivity index (χ2v) is 9.33. The number of rotatable bonds is 7. The predicted molar refractivity (Wildman–Crippen MR) is 128 cm³/mol. The normalized spacial score (nSPS) is 20.4. The molecule has 1 saturated carbocycles. The Morgan fingerprint density at radius 2 is 1.88 bits per heavy atom. The summed E-state index contributed by atoms with van der Waals surface area (Å²) < 4.78 is 13.4. The van der Waals surface area contributed by atoms with E-state index >= 15 is 0 Å². The number of benzene rings is 1. The number of amides is 2. The van der Waals surface area contributed by atoms with Gasteiger partial charge in [0.25, 0.3) is 5.91 Å². The highest BCUT2D eigenvalue weighted by molar-refractivity contribution is 6.00. The molecule has 1 atom stereocenters. The molecule has 2 aliphatic rings. The number of carbonyl (C=O) groups excluding carboxylic acids is 2. The zero-order valence-electron chi connectivity index (χ0n) is 19.8. The second kappa shape index (κ2) is 9.05. The maximum absolute atomic E-state index is 13.9. The fourth-order valence-electron chi connectivity index (χ4n) is 5.17. The molecule has 2 amide bonds. The summed E-state index contributed by atoms with van der Waals surface area (Å²) in [7, 11) is 0. The van der Waals surface area contributed by atoms with Crippen LogP contribution in [0, 0.1) is 0 Å². The largest absolute Gasteiger partial charge is 0.494 e. The monoisotopic (exact) mass is 461 g/mol. The van der Waals surface area contributed by atoms with Gasteiger partial charge in [-0.05, 0) is 57.0 Å². The Labute approximate surface area is 199 Å². The summed E-state index contributed by atoms with van der Waals surface area (Å²) in [6.07, 6.45) is 5.82. The molecule has 178 valence electrons. The maximum atomic E-state index is 13.9. The van der Waals surface area contributed by atoms with Crippen LogP contribution in [0.2, 0.25) is 0 Å². The van der Waals surface area contributed by atoms with E-state index in [9.17, 15) is 9.59 Å². The van der Waals surface area contributed by atoms with E-state index < -0.39 is 5.54 Å². The average Bonchev–Trinajstić information content (AvgIpc) is 3.60. The molecule has 3 aromatic rings. The van der Waals surface area contributed by atoms with Crippen molar-refractivity contribution < 1.29 is 18.7 Å². The minimum Gasteiger partial charge on any atom is -0.494 e. The molecule has 0 radical (unpaired) electrons. The third-order valence-electron chi connectivity index (χ3n) is 7.06. The minimum absolute atomic E-state index is 0.119. The molecule has 1 aliphatic heterocycles. The van der Waals surface area contributed by atoms with Crippen molar-refractivity contribution in [1.29, 1.82) is 0 Å². The van der Waals surface area contributed by atoms with Gasteiger partial charge in [0.15, 0.2) is 0 Å². The molecule has 1 aromatic carbocycles. The van der Waals surface area contributed by atoms with Crippen molar-refractivity contribution in [3.63, 3.8) is 0 Å². The van der Waals surface area contributed by atoms with Crippen molar-refractivity contribution in [2.24, 2.45) is 0 Å². The van der Waals surface area contributed by atoms with Gasteiger partial charge in [0, 0.05) is 11.6 Å². The van der Waals surface area contributed by atoms with Crippen molar-refractivity contribution in [2.75, 3.05) is 6.61 Å². The quantitative estimate of drug-likeness (QED) is 0.557. The molecule has 1 fully saturated rings. The highest BCUT2D eigenvalue weighted by Gasteiger charge is 2.48. The smallest absolute Gasteiger partial charge is 0.271 e. The van der Waals surface area contributed by atoms with Crippen molar-refractivity contribution >= 4 is 11.8 Å². The van der Waals surface area contributed by atoms with Crippen LogP contribution in [0.25, 0.3) is 11.5 Å². The molecule has 2 aromatic heterocycles. The van der Waals surface area contributed by atoms with Gasteiger partial charge in [-0.2, -0.15) is 0 Å². The molecule has 3 heterocycles. The number of ether oxygens (including phenoxy) is 1. The Morgan fingerprint density at radius 3 is 2.62 bits per heavy atom. The van der Waals surface area contributed by atoms with Gasteiger partial charge in [-0.15, -0.1) is 0 Å². The first-order valence-corrected chi connectivity index (χ1v) is 12.1. The lowest BCUT2D eigenvalue weighted by atomic mass is 9.93. The molecule has 34 heavy (non-hydrogen) atoms. The van der Waals surface area contributed by atoms with E-state index in [4.69, 9.17) is 9.15 Å². The molecule has 1 N–H and O–H groups in total. The first-order chi connectivity index (χ1) is 16.5. The number of aromatic nitrogens is 1. The standard InChI is InChI=1S/C27H31N3O4/c1-3-33-23-12-7-4-9-19(23)17-30-25(31)22-15-14-21(24-13-8-16-34-24)29(22)18-27(30,2)26(32)28-20-10-5-6-11-20/h4,7-9,12-16,20H,3,5-6,10-11,17-18H2,1-2H3,(H,28,32)/t27-/m1/s1. The van der Waals surface area contributed by atoms with E-state index in [1.165, 1.54) is 0 Å². The van der Waals surface area contributed by atoms with Crippen LogP contribution >= 0.6 is 0 Å². The molecule has 5 rings (SSSR count). The molecular formula is C27H31N3O4. The summed E-state index contributed by atoms with van der Waals surface area (Å²) in [5.74, 6) is 1.10. The Morgan fingerprint density at radius 1 is 1.12 bits per heavy atom. The second-order valence-electron chi connectivity index (χ2n) is 9.33. The van der Waals surface area contributed by atoms with Crippen LogP contribution in [-0.2, 0) is 17.9 Å². The fraction of sp³-hybridized carbons (Fsp3) is 0.407. The van der Waals surface area contributed by atoms with Crippen LogP contribution < -0.4 is 10.1 Å². The number of nitrogens with one attached hydrogen (secondary N) is 1. The highest BCUT2D eigenvalue weighted by Crippen LogP contribution is 2.36. The summed E-state index contributed by atoms with van der Waals surface area (Å²) in [6, 6.07) is 15.3. The van der Waals surface area contributed by atoms with Crippen LogP contribution in [-0.4, -0.2) is 39.5 Å². The summed E-state index contributed by atoms with van der Waals surface area (Å²) >= 11 is 0. The molecule has 0 unspecified atom stereocenters. The lowest BCUT2D eigenvalue weighted by Gasteiger charge is -2.45. The Hall–Kier alpha value is -3.48. The number of carbonyl (C=O) groups is 2. The number of hydrogen-bond acceptors (Lipinski definition) is 4. The Balaban J connectivity index is 1.55. The third-order valence-corrected chi connectivity index (χ3v) is 7.06. The van der Waals surface area contributed by atoms with Gasteiger partial charge < -0.3 is 23.9 Å². The summed E-state index contributed by atoms with van der Waals surface area (Å²) in [4.78, 5) is 29.4. The van der Waals surface area contributed by atoms with Gasteiger partial charge in [-0.25, -0.2) is 0 Å². The molecule has 0 spiro atoms. The number of fused-ring (bicyclic) bond motifs is 1. The van der Waals surface area contributed by atoms with Gasteiger partial charge in [0.1, 0.15) is 22.7 Å². The van der Waals surface area contributed by atoms with Crippen LogP contribution in [0.1, 0.15) is 55.6 Å². The van der Waals surface area contributed by atoms with E-state index in [1.807, 2.05) is 66.9 Å². The van der Waals surface area contributed by atoms with Gasteiger partial charge in [-0.1, -0.05) is 31.0 Å². The Kier molecular flexibility index (Phi) is 5.94. The molecule has 7 heteroatoms. The van der Waals surface area contributed by atoms with E-state index in [0.717, 1.165) is 42.7 Å². The zero-order chi connectivity index (χ0) is 23.7. The summed E-state index contributed by atoms with van der Waals surface area (Å²) in [5.41, 5.74) is 1.14. The van der Waals surface area contributed by atoms with Crippen LogP contribution in [0.15, 0.2) is 59.2 Å². The number of hydrogen-bond donors (Lipinski definition) is 1. The van der Waals surface area contributed by atoms with Gasteiger partial charge in [0.05, 0.1) is 31.7 Å². The van der Waals surface area contributed by atoms with Gasteiger partial charge in [-0.3, -0.25) is 9.59 Å². The van der Waals surface area contributed by atoms with Gasteiger partial charge >= 0.3 is 0 Å². The lowest BCUT2D eigenvalue weighted by molar-refractivity contribution is -0.133. The number of furan rings is 1. The molecule has 7 nitrogen and oxygen atoms in total. The lowest BCUT2D eigenvalue weighted by Crippen LogP contribution is -2.64. The number of para-hydroxylation sites is 1. The van der Waals surface area contributed by atoms with Crippen molar-refractivity contribution in [3.05, 3.63) is 66.1 Å². The number of nitrogens with zero attached hydrogens (tertiary/aromatic N) is 2.